The van der Waals surface area contributed by atoms with Gasteiger partial charge in [-0.25, -0.2) is 4.98 Å². The third-order valence-corrected chi connectivity index (χ3v) is 2.93. The largest absolute Gasteiger partial charge is 0.418 e. The molecule has 108 valence electrons. The van der Waals surface area contributed by atoms with Crippen LogP contribution in [0.25, 0.3) is 5.69 Å². The van der Waals surface area contributed by atoms with Crippen molar-refractivity contribution in [3.63, 3.8) is 0 Å². The van der Waals surface area contributed by atoms with E-state index in [-0.39, 0.29) is 18.2 Å². The first kappa shape index (κ1) is 14.6. The highest BCUT2D eigenvalue weighted by Gasteiger charge is 2.34. The van der Waals surface area contributed by atoms with Crippen molar-refractivity contribution in [2.24, 2.45) is 0 Å². The molecule has 0 spiro atoms. The average Bonchev–Trinajstić information content (AvgIpc) is 2.82. The van der Waals surface area contributed by atoms with Crippen LogP contribution in [0.3, 0.4) is 0 Å². The predicted molar refractivity (Wildman–Crippen MR) is 68.6 cm³/mol. The number of aliphatic hydroxyl groups excluding tert-OH is 1. The number of aliphatic hydroxyl groups is 1. The molecular weight excluding hydrogens is 269 g/mol. The lowest BCUT2D eigenvalue weighted by atomic mass is 10.1. The minimum Gasteiger partial charge on any atom is -0.390 e. The summed E-state index contributed by atoms with van der Waals surface area (Å²) in [5, 5.41) is 9.14. The van der Waals surface area contributed by atoms with E-state index in [4.69, 9.17) is 5.11 Å². The fraction of sp³-hybridized carbons (Fsp3) is 0.357. The van der Waals surface area contributed by atoms with Gasteiger partial charge in [-0.1, -0.05) is 26.0 Å². The smallest absolute Gasteiger partial charge is 0.390 e. The van der Waals surface area contributed by atoms with Crippen LogP contribution >= 0.6 is 0 Å². The fourth-order valence-electron chi connectivity index (χ4n) is 2.04. The maximum Gasteiger partial charge on any atom is 0.418 e. The summed E-state index contributed by atoms with van der Waals surface area (Å²) in [4.78, 5) is 4.17. The second kappa shape index (κ2) is 5.28. The maximum atomic E-state index is 13.1. The van der Waals surface area contributed by atoms with Crippen molar-refractivity contribution in [3.8, 4) is 5.69 Å². The molecule has 0 atom stereocenters. The Labute approximate surface area is 114 Å². The molecule has 0 saturated carbocycles. The van der Waals surface area contributed by atoms with E-state index < -0.39 is 11.7 Å². The molecule has 0 fully saturated rings. The molecule has 0 aliphatic carbocycles. The van der Waals surface area contributed by atoms with Crippen LogP contribution in [0.5, 0.6) is 0 Å². The van der Waals surface area contributed by atoms with Crippen molar-refractivity contribution < 1.29 is 18.3 Å². The number of aromatic nitrogens is 2. The van der Waals surface area contributed by atoms with Gasteiger partial charge < -0.3 is 9.67 Å². The molecule has 1 aromatic heterocycles. The van der Waals surface area contributed by atoms with Gasteiger partial charge in [0.1, 0.15) is 5.82 Å². The average molecular weight is 284 g/mol. The van der Waals surface area contributed by atoms with Crippen LogP contribution in [0.2, 0.25) is 0 Å². The number of alkyl halides is 3. The summed E-state index contributed by atoms with van der Waals surface area (Å²) in [6, 6.07) is 5.34. The van der Waals surface area contributed by atoms with Gasteiger partial charge in [0.25, 0.3) is 0 Å². The van der Waals surface area contributed by atoms with Gasteiger partial charge in [-0.15, -0.1) is 0 Å². The molecule has 0 amide bonds. The molecule has 2 aromatic rings. The third kappa shape index (κ3) is 2.70. The topological polar surface area (TPSA) is 38.1 Å². The van der Waals surface area contributed by atoms with E-state index in [9.17, 15) is 13.2 Å². The predicted octanol–water partition coefficient (Wildman–Crippen LogP) is 3.51. The summed E-state index contributed by atoms with van der Waals surface area (Å²) in [6.07, 6.45) is -2.99. The van der Waals surface area contributed by atoms with Gasteiger partial charge in [0.05, 0.1) is 23.6 Å². The summed E-state index contributed by atoms with van der Waals surface area (Å²) in [5.74, 6) is 0.433. The number of hydrogen-bond acceptors (Lipinski definition) is 2. The van der Waals surface area contributed by atoms with Crippen molar-refractivity contribution in [1.29, 1.82) is 0 Å². The van der Waals surface area contributed by atoms with Crippen LogP contribution in [0.4, 0.5) is 13.2 Å². The van der Waals surface area contributed by atoms with E-state index in [1.165, 1.54) is 22.9 Å². The van der Waals surface area contributed by atoms with E-state index in [0.29, 0.717) is 11.5 Å². The van der Waals surface area contributed by atoms with Crippen LogP contribution in [-0.2, 0) is 12.8 Å². The number of benzene rings is 1. The van der Waals surface area contributed by atoms with Crippen molar-refractivity contribution in [1.82, 2.24) is 9.55 Å². The van der Waals surface area contributed by atoms with Gasteiger partial charge in [-0.05, 0) is 12.1 Å². The molecule has 3 nitrogen and oxygen atoms in total. The Morgan fingerprint density at radius 3 is 2.45 bits per heavy atom. The molecule has 20 heavy (non-hydrogen) atoms. The Hall–Kier alpha value is -1.82. The van der Waals surface area contributed by atoms with Crippen molar-refractivity contribution in [2.45, 2.75) is 32.5 Å². The molecule has 0 unspecified atom stereocenters. The van der Waals surface area contributed by atoms with Crippen LogP contribution in [-0.4, -0.2) is 14.7 Å². The summed E-state index contributed by atoms with van der Waals surface area (Å²) in [7, 11) is 0. The Bertz CT molecular complexity index is 603. The Kier molecular flexibility index (Phi) is 3.85. The number of para-hydroxylation sites is 1. The van der Waals surface area contributed by atoms with Gasteiger partial charge in [0.2, 0.25) is 0 Å². The number of imidazole rings is 1. The zero-order valence-corrected chi connectivity index (χ0v) is 11.1. The lowest BCUT2D eigenvalue weighted by molar-refractivity contribution is -0.137. The molecule has 0 bridgehead atoms. The first-order valence-corrected chi connectivity index (χ1v) is 6.20. The number of halogens is 3. The quantitative estimate of drug-likeness (QED) is 0.936. The molecule has 2 rings (SSSR count). The first-order chi connectivity index (χ1) is 9.34. The highest BCUT2D eigenvalue weighted by atomic mass is 19.4. The summed E-state index contributed by atoms with van der Waals surface area (Å²) in [5.41, 5.74) is -0.342. The van der Waals surface area contributed by atoms with Crippen molar-refractivity contribution in [3.05, 3.63) is 47.5 Å². The van der Waals surface area contributed by atoms with Gasteiger partial charge in [-0.2, -0.15) is 13.2 Å². The lowest BCUT2D eigenvalue weighted by Crippen LogP contribution is -2.12. The normalized spacial score (nSPS) is 12.2. The van der Waals surface area contributed by atoms with Gasteiger partial charge >= 0.3 is 6.18 Å². The SMILES string of the molecule is CC(C)c1nc(CO)cn1-c1ccccc1C(F)(F)F. The minimum absolute atomic E-state index is 0.0240. The second-order valence-electron chi connectivity index (χ2n) is 4.79. The van der Waals surface area contributed by atoms with Gasteiger partial charge in [0.15, 0.2) is 0 Å². The highest BCUT2D eigenvalue weighted by molar-refractivity contribution is 5.44. The summed E-state index contributed by atoms with van der Waals surface area (Å²) in [6.45, 7) is 3.38. The monoisotopic (exact) mass is 284 g/mol. The van der Waals surface area contributed by atoms with Crippen LogP contribution in [0.15, 0.2) is 30.5 Å². The van der Waals surface area contributed by atoms with Gasteiger partial charge in [0, 0.05) is 12.1 Å². The molecule has 0 aliphatic rings. The summed E-state index contributed by atoms with van der Waals surface area (Å²) < 4.78 is 40.6. The molecule has 6 heteroatoms. The number of rotatable bonds is 3. The standard InChI is InChI=1S/C14H15F3N2O/c1-9(2)13-18-10(8-20)7-19(13)12-6-4-3-5-11(12)14(15,16)17/h3-7,9,20H,8H2,1-2H3. The van der Waals surface area contributed by atoms with E-state index >= 15 is 0 Å². The molecule has 1 N–H and O–H groups in total. The zero-order valence-electron chi connectivity index (χ0n) is 11.1. The third-order valence-electron chi connectivity index (χ3n) is 2.93. The second-order valence-corrected chi connectivity index (χ2v) is 4.79. The van der Waals surface area contributed by atoms with Crippen LogP contribution < -0.4 is 0 Å². The molecule has 0 saturated heterocycles. The van der Waals surface area contributed by atoms with Crippen LogP contribution in [0.1, 0.15) is 36.8 Å². The van der Waals surface area contributed by atoms with E-state index in [0.717, 1.165) is 6.07 Å². The molecule has 0 aliphatic heterocycles. The lowest BCUT2D eigenvalue weighted by Gasteiger charge is -2.16. The Balaban J connectivity index is 2.66. The van der Waals surface area contributed by atoms with Crippen molar-refractivity contribution >= 4 is 0 Å². The van der Waals surface area contributed by atoms with Crippen LogP contribution in [0, 0.1) is 0 Å². The number of nitrogens with zero attached hydrogens (tertiary/aromatic N) is 2. The van der Waals surface area contributed by atoms with Gasteiger partial charge in [-0.3, -0.25) is 0 Å². The Morgan fingerprint density at radius 1 is 1.25 bits per heavy atom. The minimum atomic E-state index is -4.44. The molecule has 1 heterocycles. The molecular formula is C14H15F3N2O. The maximum absolute atomic E-state index is 13.1. The van der Waals surface area contributed by atoms with E-state index in [2.05, 4.69) is 4.98 Å². The fourth-order valence-corrected chi connectivity index (χ4v) is 2.04. The summed E-state index contributed by atoms with van der Waals surface area (Å²) >= 11 is 0. The van der Waals surface area contributed by atoms with E-state index in [1.807, 2.05) is 13.8 Å². The first-order valence-electron chi connectivity index (χ1n) is 6.20. The molecule has 1 aromatic carbocycles. The Morgan fingerprint density at radius 2 is 1.90 bits per heavy atom. The molecule has 0 radical (unpaired) electrons. The van der Waals surface area contributed by atoms with Crippen molar-refractivity contribution in [2.75, 3.05) is 0 Å². The zero-order chi connectivity index (χ0) is 14.9. The van der Waals surface area contributed by atoms with E-state index in [1.54, 1.807) is 6.07 Å². The number of hydrogen-bond donors (Lipinski definition) is 1. The highest BCUT2D eigenvalue weighted by Crippen LogP contribution is 2.34.